The van der Waals surface area contributed by atoms with Gasteiger partial charge >= 0.3 is 5.97 Å². The average molecular weight is 704 g/mol. The van der Waals surface area contributed by atoms with E-state index in [1.54, 1.807) is 4.90 Å². The summed E-state index contributed by atoms with van der Waals surface area (Å²) >= 11 is 1.12. The Balaban J connectivity index is 2.21. The number of hydrogen-bond acceptors (Lipinski definition) is 10. The number of aliphatic hydroxyl groups excluding tert-OH is 1. The molecular weight excluding hydrogens is 646 g/mol. The van der Waals surface area contributed by atoms with E-state index < -0.39 is 36.1 Å². The van der Waals surface area contributed by atoms with Crippen LogP contribution in [0.2, 0.25) is 0 Å². The molecule has 0 radical (unpaired) electrons. The van der Waals surface area contributed by atoms with Gasteiger partial charge in [0.2, 0.25) is 11.8 Å². The fraction of sp³-hybridized carbons (Fsp3) is 0.639. The third kappa shape index (κ3) is 13.1. The van der Waals surface area contributed by atoms with Crippen molar-refractivity contribution in [1.82, 2.24) is 25.8 Å². The van der Waals surface area contributed by atoms with E-state index in [2.05, 4.69) is 20.9 Å². The van der Waals surface area contributed by atoms with E-state index in [0.717, 1.165) is 42.7 Å². The van der Waals surface area contributed by atoms with Gasteiger partial charge in [0.05, 0.1) is 7.11 Å². The number of rotatable bonds is 22. The lowest BCUT2D eigenvalue weighted by Crippen LogP contribution is -2.56. The average Bonchev–Trinajstić information content (AvgIpc) is 3.60. The van der Waals surface area contributed by atoms with E-state index in [1.807, 2.05) is 72.0 Å². The lowest BCUT2D eigenvalue weighted by atomic mass is 9.92. The second-order valence-electron chi connectivity index (χ2n) is 13.0. The Hall–Kier alpha value is -3.39. The maximum absolute atomic E-state index is 14.2. The number of thiazole rings is 1. The highest BCUT2D eigenvalue weighted by molar-refractivity contribution is 7.09. The van der Waals surface area contributed by atoms with Crippen LogP contribution in [0.25, 0.3) is 0 Å². The lowest BCUT2D eigenvalue weighted by Gasteiger charge is -2.38. The molecule has 2 rings (SSSR count). The van der Waals surface area contributed by atoms with Gasteiger partial charge in [-0.15, -0.1) is 11.3 Å². The minimum absolute atomic E-state index is 0.0291. The molecule has 0 unspecified atom stereocenters. The maximum atomic E-state index is 14.2. The van der Waals surface area contributed by atoms with Gasteiger partial charge in [-0.05, 0) is 43.8 Å². The number of methoxy groups -OCH3 is 2. The second kappa shape index (κ2) is 21.6. The van der Waals surface area contributed by atoms with Crippen molar-refractivity contribution in [2.75, 3.05) is 34.5 Å². The van der Waals surface area contributed by atoms with Crippen molar-refractivity contribution in [3.05, 3.63) is 52.0 Å². The predicted molar refractivity (Wildman–Crippen MR) is 191 cm³/mol. The highest BCUT2D eigenvalue weighted by Crippen LogP contribution is 2.29. The van der Waals surface area contributed by atoms with Crippen LogP contribution in [-0.2, 0) is 30.3 Å². The van der Waals surface area contributed by atoms with Gasteiger partial charge in [-0.1, -0.05) is 77.8 Å². The highest BCUT2D eigenvalue weighted by atomic mass is 32.1. The van der Waals surface area contributed by atoms with Crippen molar-refractivity contribution in [2.24, 2.45) is 17.8 Å². The summed E-state index contributed by atoms with van der Waals surface area (Å²) in [4.78, 5) is 59.0. The third-order valence-electron chi connectivity index (χ3n) is 8.84. The molecular formula is C36H57N5O7S. The van der Waals surface area contributed by atoms with Crippen LogP contribution in [0.4, 0.5) is 0 Å². The van der Waals surface area contributed by atoms with Gasteiger partial charge in [0.1, 0.15) is 35.6 Å². The molecule has 4 N–H and O–H groups in total. The molecule has 3 amide bonds. The Bertz CT molecular complexity index is 1310. The number of hydrogen-bond donors (Lipinski definition) is 4. The van der Waals surface area contributed by atoms with E-state index >= 15 is 0 Å². The van der Waals surface area contributed by atoms with Crippen molar-refractivity contribution in [2.45, 2.75) is 97.4 Å². The molecule has 274 valence electrons. The minimum atomic E-state index is -1.10. The van der Waals surface area contributed by atoms with Gasteiger partial charge in [-0.3, -0.25) is 14.4 Å². The van der Waals surface area contributed by atoms with Crippen molar-refractivity contribution in [1.29, 1.82) is 0 Å². The first-order chi connectivity index (χ1) is 23.4. The van der Waals surface area contributed by atoms with Crippen molar-refractivity contribution >= 4 is 35.0 Å². The molecule has 1 aromatic carbocycles. The van der Waals surface area contributed by atoms with Crippen molar-refractivity contribution < 1.29 is 33.8 Å². The SMILES string of the molecule is CC[C@H](C)[C@H](NC(=O)[C@H](C)CCCCNC)C(=O)N(COC)[C@H](C[C@@H](O)c1nc(C(=O)N[C@@H](Cc2ccccc2)C(=O)OC)cs1)C(C)C. The number of ether oxygens (including phenoxy) is 2. The molecule has 1 aromatic heterocycles. The van der Waals surface area contributed by atoms with E-state index in [4.69, 9.17) is 9.47 Å². The van der Waals surface area contributed by atoms with Crippen LogP contribution in [-0.4, -0.2) is 91.3 Å². The molecule has 49 heavy (non-hydrogen) atoms. The molecule has 0 aliphatic rings. The normalized spacial score (nSPS) is 15.1. The quantitative estimate of drug-likeness (QED) is 0.0805. The summed E-state index contributed by atoms with van der Waals surface area (Å²) in [6.45, 7) is 10.6. The van der Waals surface area contributed by atoms with Crippen LogP contribution in [0.5, 0.6) is 0 Å². The maximum Gasteiger partial charge on any atom is 0.328 e. The first-order valence-corrected chi connectivity index (χ1v) is 18.1. The molecule has 13 heteroatoms. The van der Waals surface area contributed by atoms with E-state index in [0.29, 0.717) is 11.4 Å². The monoisotopic (exact) mass is 703 g/mol. The standard InChI is InChI=1S/C36H57N5O7S/c1-9-24(4)31(40-32(43)25(5)15-13-14-18-37-6)35(45)41(22-47-7)29(23(2)3)20-30(42)34-39-28(21-49-34)33(44)38-27(36(46)48-8)19-26-16-11-10-12-17-26/h10-12,16-17,21,23-25,27,29-31,37,42H,9,13-15,18-20,22H2,1-8H3,(H,38,44)(H,40,43)/t24-,25+,27-,29+,30+,31-/m0/s1. The molecule has 0 aliphatic heterocycles. The number of unbranched alkanes of at least 4 members (excludes halogenated alkanes) is 1. The summed E-state index contributed by atoms with van der Waals surface area (Å²) in [6.07, 6.45) is 2.54. The highest BCUT2D eigenvalue weighted by Gasteiger charge is 2.37. The van der Waals surface area contributed by atoms with Crippen molar-refractivity contribution in [3.63, 3.8) is 0 Å². The number of esters is 1. The fourth-order valence-electron chi connectivity index (χ4n) is 5.55. The fourth-order valence-corrected chi connectivity index (χ4v) is 6.35. The zero-order chi connectivity index (χ0) is 36.5. The molecule has 0 aliphatic carbocycles. The van der Waals surface area contributed by atoms with Gasteiger partial charge in [-0.25, -0.2) is 9.78 Å². The molecule has 0 spiro atoms. The topological polar surface area (TPSA) is 159 Å². The summed E-state index contributed by atoms with van der Waals surface area (Å²) in [6, 6.07) is 7.12. The van der Waals surface area contributed by atoms with Crippen LogP contribution in [0.3, 0.4) is 0 Å². The van der Waals surface area contributed by atoms with E-state index in [1.165, 1.54) is 19.6 Å². The molecule has 2 aromatic rings. The first-order valence-electron chi connectivity index (χ1n) is 17.2. The van der Waals surface area contributed by atoms with Crippen LogP contribution < -0.4 is 16.0 Å². The summed E-state index contributed by atoms with van der Waals surface area (Å²) in [5.74, 6) is -2.05. The van der Waals surface area contributed by atoms with Crippen LogP contribution >= 0.6 is 11.3 Å². The number of carbonyl (C=O) groups excluding carboxylic acids is 4. The zero-order valence-electron chi connectivity index (χ0n) is 30.4. The van der Waals surface area contributed by atoms with Gasteiger partial charge in [0.15, 0.2) is 0 Å². The largest absolute Gasteiger partial charge is 0.467 e. The number of aromatic nitrogens is 1. The molecule has 0 bridgehead atoms. The Labute approximate surface area is 295 Å². The Morgan fingerprint density at radius 1 is 1.02 bits per heavy atom. The van der Waals surface area contributed by atoms with Crippen LogP contribution in [0, 0.1) is 17.8 Å². The van der Waals surface area contributed by atoms with Gasteiger partial charge in [0, 0.05) is 37.3 Å². The Kier molecular flexibility index (Phi) is 18.5. The Morgan fingerprint density at radius 3 is 2.31 bits per heavy atom. The number of carbonyl (C=O) groups is 4. The molecule has 12 nitrogen and oxygen atoms in total. The van der Waals surface area contributed by atoms with Gasteiger partial charge < -0.3 is 35.4 Å². The minimum Gasteiger partial charge on any atom is -0.467 e. The molecule has 0 fully saturated rings. The summed E-state index contributed by atoms with van der Waals surface area (Å²) < 4.78 is 10.4. The molecule has 1 heterocycles. The smallest absolute Gasteiger partial charge is 0.328 e. The number of aliphatic hydroxyl groups is 1. The second-order valence-corrected chi connectivity index (χ2v) is 13.9. The first kappa shape index (κ1) is 41.8. The van der Waals surface area contributed by atoms with Crippen molar-refractivity contribution in [3.8, 4) is 0 Å². The van der Waals surface area contributed by atoms with E-state index in [9.17, 15) is 24.3 Å². The summed E-state index contributed by atoms with van der Waals surface area (Å²) in [5.41, 5.74) is 0.916. The number of amides is 3. The predicted octanol–water partition coefficient (Wildman–Crippen LogP) is 4.09. The third-order valence-corrected chi connectivity index (χ3v) is 9.78. The number of nitrogens with zero attached hydrogens (tertiary/aromatic N) is 2. The van der Waals surface area contributed by atoms with Gasteiger partial charge in [0.25, 0.3) is 5.91 Å². The Morgan fingerprint density at radius 2 is 1.71 bits per heavy atom. The zero-order valence-corrected chi connectivity index (χ0v) is 31.2. The van der Waals surface area contributed by atoms with Gasteiger partial charge in [-0.2, -0.15) is 0 Å². The van der Waals surface area contributed by atoms with Crippen LogP contribution in [0.15, 0.2) is 35.7 Å². The number of nitrogens with one attached hydrogen (secondary N) is 3. The molecule has 6 atom stereocenters. The summed E-state index contributed by atoms with van der Waals surface area (Å²) in [7, 11) is 4.67. The summed E-state index contributed by atoms with van der Waals surface area (Å²) in [5, 5.41) is 22.0. The molecule has 0 saturated carbocycles. The van der Waals surface area contributed by atoms with E-state index in [-0.39, 0.29) is 54.8 Å². The van der Waals surface area contributed by atoms with Crippen LogP contribution in [0.1, 0.15) is 93.9 Å². The lowest BCUT2D eigenvalue weighted by molar-refractivity contribution is -0.147. The number of benzene rings is 1. The molecule has 0 saturated heterocycles.